The molecule has 1 N–H and O–H groups in total. The van der Waals surface area contributed by atoms with Gasteiger partial charge in [-0.1, -0.05) is 18.2 Å². The molecule has 0 saturated carbocycles. The number of anilines is 2. The zero-order valence-corrected chi connectivity index (χ0v) is 21.1. The number of hydrogen-bond donors (Lipinski definition) is 1. The second kappa shape index (κ2) is 10.3. The van der Waals surface area contributed by atoms with Gasteiger partial charge >= 0.3 is 6.18 Å². The molecule has 0 radical (unpaired) electrons. The van der Waals surface area contributed by atoms with E-state index in [-0.39, 0.29) is 37.6 Å². The molecule has 1 saturated heterocycles. The second-order valence-electron chi connectivity index (χ2n) is 8.92. The Kier molecular flexibility index (Phi) is 7.00. The highest BCUT2D eigenvalue weighted by molar-refractivity contribution is 7.89. The molecule has 39 heavy (non-hydrogen) atoms. The number of pyridine rings is 1. The number of hydrogen-bond acceptors (Lipinski definition) is 5. The van der Waals surface area contributed by atoms with Crippen LogP contribution in [0.2, 0.25) is 0 Å². The molecule has 1 fully saturated rings. The Morgan fingerprint density at radius 3 is 2.26 bits per heavy atom. The largest absolute Gasteiger partial charge is 0.416 e. The Bertz CT molecular complexity index is 1640. The number of alkyl halides is 3. The number of carbonyl (C=O) groups is 1. The molecule has 1 amide bonds. The maximum atomic E-state index is 14.1. The van der Waals surface area contributed by atoms with Gasteiger partial charge in [-0.05, 0) is 54.6 Å². The first-order chi connectivity index (χ1) is 18.5. The van der Waals surface area contributed by atoms with Gasteiger partial charge in [0.25, 0.3) is 5.91 Å². The van der Waals surface area contributed by atoms with Gasteiger partial charge in [0, 0.05) is 54.7 Å². The predicted molar refractivity (Wildman–Crippen MR) is 138 cm³/mol. The van der Waals surface area contributed by atoms with Crippen LogP contribution in [-0.4, -0.2) is 54.7 Å². The summed E-state index contributed by atoms with van der Waals surface area (Å²) in [7, 11) is -4.02. The SMILES string of the molecule is O=C(c1ccc(Nc2ccnc3cc(C(F)(F)F)ccc23)cc1)N1CCN(S(=O)(=O)c2ccccc2F)CC1. The van der Waals surface area contributed by atoms with Crippen molar-refractivity contribution in [3.05, 3.63) is 95.9 Å². The van der Waals surface area contributed by atoms with Gasteiger partial charge in [0.05, 0.1) is 11.1 Å². The van der Waals surface area contributed by atoms with Crippen LogP contribution in [0.3, 0.4) is 0 Å². The first-order valence-corrected chi connectivity index (χ1v) is 13.3. The van der Waals surface area contributed by atoms with Gasteiger partial charge in [-0.3, -0.25) is 9.78 Å². The minimum Gasteiger partial charge on any atom is -0.355 e. The lowest BCUT2D eigenvalue weighted by Gasteiger charge is -2.34. The van der Waals surface area contributed by atoms with Gasteiger partial charge in [0.1, 0.15) is 10.7 Å². The number of aromatic nitrogens is 1. The number of amides is 1. The minimum atomic E-state index is -4.47. The summed E-state index contributed by atoms with van der Waals surface area (Å²) in [6.07, 6.45) is -3.06. The van der Waals surface area contributed by atoms with Gasteiger partial charge in [-0.2, -0.15) is 17.5 Å². The van der Waals surface area contributed by atoms with E-state index in [0.29, 0.717) is 22.3 Å². The van der Waals surface area contributed by atoms with Crippen LogP contribution in [-0.2, 0) is 16.2 Å². The number of nitrogens with zero attached hydrogens (tertiary/aromatic N) is 3. The zero-order chi connectivity index (χ0) is 27.8. The van der Waals surface area contributed by atoms with Crippen molar-refractivity contribution in [1.82, 2.24) is 14.2 Å². The van der Waals surface area contributed by atoms with E-state index >= 15 is 0 Å². The van der Waals surface area contributed by atoms with Gasteiger partial charge in [0.15, 0.2) is 0 Å². The van der Waals surface area contributed by atoms with Gasteiger partial charge in [0.2, 0.25) is 10.0 Å². The Labute approximate surface area is 221 Å². The number of halogens is 4. The summed E-state index contributed by atoms with van der Waals surface area (Å²) in [5, 5.41) is 3.65. The van der Waals surface area contributed by atoms with Crippen molar-refractivity contribution < 1.29 is 30.8 Å². The average molecular weight is 559 g/mol. The Hall–Kier alpha value is -4.03. The molecule has 1 aliphatic heterocycles. The molecule has 1 aromatic heterocycles. The van der Waals surface area contributed by atoms with Crippen molar-refractivity contribution in [3.8, 4) is 0 Å². The van der Waals surface area contributed by atoms with Crippen molar-refractivity contribution in [2.24, 2.45) is 0 Å². The fourth-order valence-electron chi connectivity index (χ4n) is 4.39. The van der Waals surface area contributed by atoms with E-state index in [9.17, 15) is 30.8 Å². The van der Waals surface area contributed by atoms with Crippen molar-refractivity contribution in [2.75, 3.05) is 31.5 Å². The van der Waals surface area contributed by atoms with Gasteiger partial charge < -0.3 is 10.2 Å². The summed E-state index contributed by atoms with van der Waals surface area (Å²) in [4.78, 5) is 18.2. The zero-order valence-electron chi connectivity index (χ0n) is 20.3. The predicted octanol–water partition coefficient (Wildman–Crippen LogP) is 5.28. The molecule has 7 nitrogen and oxygen atoms in total. The smallest absolute Gasteiger partial charge is 0.355 e. The number of fused-ring (bicyclic) bond motifs is 1. The van der Waals surface area contributed by atoms with E-state index in [1.54, 1.807) is 30.3 Å². The maximum Gasteiger partial charge on any atom is 0.416 e. The third-order valence-electron chi connectivity index (χ3n) is 6.46. The molecule has 2 heterocycles. The van der Waals surface area contributed by atoms with E-state index < -0.39 is 32.5 Å². The monoisotopic (exact) mass is 558 g/mol. The van der Waals surface area contributed by atoms with E-state index in [0.717, 1.165) is 18.2 Å². The van der Waals surface area contributed by atoms with Crippen LogP contribution in [0.1, 0.15) is 15.9 Å². The second-order valence-corrected chi connectivity index (χ2v) is 10.8. The number of piperazine rings is 1. The van der Waals surface area contributed by atoms with Crippen molar-refractivity contribution in [1.29, 1.82) is 0 Å². The highest BCUT2D eigenvalue weighted by atomic mass is 32.2. The number of rotatable bonds is 5. The number of benzene rings is 3. The molecule has 0 unspecified atom stereocenters. The molecule has 0 atom stereocenters. The summed E-state index contributed by atoms with van der Waals surface area (Å²) in [5.74, 6) is -1.10. The van der Waals surface area contributed by atoms with E-state index in [2.05, 4.69) is 10.3 Å². The minimum absolute atomic E-state index is 0.0349. The highest BCUT2D eigenvalue weighted by Gasteiger charge is 2.32. The van der Waals surface area contributed by atoms with Crippen LogP contribution < -0.4 is 5.32 Å². The molecular weight excluding hydrogens is 536 g/mol. The normalized spacial score (nSPS) is 14.9. The average Bonchev–Trinajstić information content (AvgIpc) is 2.93. The first kappa shape index (κ1) is 26.6. The third kappa shape index (κ3) is 5.43. The molecule has 5 rings (SSSR count). The van der Waals surface area contributed by atoms with Gasteiger partial charge in [-0.15, -0.1) is 0 Å². The van der Waals surface area contributed by atoms with Crippen LogP contribution in [0.25, 0.3) is 10.9 Å². The van der Waals surface area contributed by atoms with Crippen LogP contribution in [0.15, 0.2) is 83.9 Å². The molecule has 0 aliphatic carbocycles. The number of carbonyl (C=O) groups excluding carboxylic acids is 1. The lowest BCUT2D eigenvalue weighted by atomic mass is 10.1. The molecule has 0 bridgehead atoms. The Balaban J connectivity index is 1.25. The molecule has 3 aromatic carbocycles. The van der Waals surface area contributed by atoms with Crippen molar-refractivity contribution in [2.45, 2.75) is 11.1 Å². The fourth-order valence-corrected chi connectivity index (χ4v) is 5.88. The molecule has 202 valence electrons. The summed E-state index contributed by atoms with van der Waals surface area (Å²) in [5.41, 5.74) is 0.964. The Morgan fingerprint density at radius 2 is 1.59 bits per heavy atom. The quantitative estimate of drug-likeness (QED) is 0.337. The highest BCUT2D eigenvalue weighted by Crippen LogP contribution is 2.33. The van der Waals surface area contributed by atoms with Gasteiger partial charge in [-0.25, -0.2) is 12.8 Å². The van der Waals surface area contributed by atoms with Crippen LogP contribution >= 0.6 is 0 Å². The first-order valence-electron chi connectivity index (χ1n) is 11.9. The topological polar surface area (TPSA) is 82.6 Å². The van der Waals surface area contributed by atoms with Crippen LogP contribution in [0, 0.1) is 5.82 Å². The standard InChI is InChI=1S/C27H22F4N4O3S/c28-22-3-1-2-4-25(22)39(37,38)35-15-13-34(14-16-35)26(36)18-5-8-20(9-6-18)33-23-11-12-32-24-17-19(27(29,30)31)7-10-21(23)24/h1-12,17H,13-16H2,(H,32,33). The maximum absolute atomic E-state index is 14.1. The van der Waals surface area contributed by atoms with Crippen molar-refractivity contribution >= 4 is 38.2 Å². The van der Waals surface area contributed by atoms with E-state index in [4.69, 9.17) is 0 Å². The lowest BCUT2D eigenvalue weighted by molar-refractivity contribution is -0.137. The fraction of sp³-hybridized carbons (Fsp3) is 0.185. The summed E-state index contributed by atoms with van der Waals surface area (Å²) < 4.78 is 80.0. The summed E-state index contributed by atoms with van der Waals surface area (Å²) in [6, 6.07) is 16.7. The third-order valence-corrected chi connectivity index (χ3v) is 8.39. The van der Waals surface area contributed by atoms with Crippen LogP contribution in [0.5, 0.6) is 0 Å². The molecule has 0 spiro atoms. The number of sulfonamides is 1. The Morgan fingerprint density at radius 1 is 0.897 bits per heavy atom. The molecule has 1 aliphatic rings. The molecular formula is C27H22F4N4O3S. The summed E-state index contributed by atoms with van der Waals surface area (Å²) >= 11 is 0. The van der Waals surface area contributed by atoms with Crippen molar-refractivity contribution in [3.63, 3.8) is 0 Å². The van der Waals surface area contributed by atoms with E-state index in [1.807, 2.05) is 0 Å². The number of nitrogens with one attached hydrogen (secondary N) is 1. The molecule has 4 aromatic rings. The van der Waals surface area contributed by atoms with E-state index in [1.165, 1.54) is 39.7 Å². The summed E-state index contributed by atoms with van der Waals surface area (Å²) in [6.45, 7) is 0.366. The lowest BCUT2D eigenvalue weighted by Crippen LogP contribution is -2.50. The molecule has 12 heteroatoms. The van der Waals surface area contributed by atoms with Crippen LogP contribution in [0.4, 0.5) is 28.9 Å².